The average molecular weight is 277 g/mol. The Balaban J connectivity index is 2.17. The van der Waals surface area contributed by atoms with Crippen molar-refractivity contribution in [1.82, 2.24) is 14.5 Å². The third kappa shape index (κ3) is 2.47. The third-order valence-electron chi connectivity index (χ3n) is 3.78. The normalized spacial score (nSPS) is 10.8. The van der Waals surface area contributed by atoms with Crippen molar-refractivity contribution in [2.75, 3.05) is 0 Å². The fourth-order valence-electron chi connectivity index (χ4n) is 2.83. The van der Waals surface area contributed by atoms with Gasteiger partial charge < -0.3 is 0 Å². The topological polar surface area (TPSA) is 30.7 Å². The van der Waals surface area contributed by atoms with Gasteiger partial charge in [-0.2, -0.15) is 0 Å². The first-order valence-corrected chi connectivity index (χ1v) is 7.25. The van der Waals surface area contributed by atoms with E-state index in [1.807, 2.05) is 24.5 Å². The highest BCUT2D eigenvalue weighted by atomic mass is 15.1. The van der Waals surface area contributed by atoms with E-state index in [0.29, 0.717) is 0 Å². The molecule has 3 rings (SSSR count). The molecule has 0 amide bonds. The summed E-state index contributed by atoms with van der Waals surface area (Å²) in [5.41, 5.74) is 6.23. The van der Waals surface area contributed by atoms with E-state index in [2.05, 4.69) is 47.4 Å². The molecular weight excluding hydrogens is 258 g/mol. The lowest BCUT2D eigenvalue weighted by Gasteiger charge is -2.15. The average Bonchev–Trinajstić information content (AvgIpc) is 2.96. The van der Waals surface area contributed by atoms with E-state index in [4.69, 9.17) is 0 Å². The second-order valence-electron chi connectivity index (χ2n) is 5.29. The summed E-state index contributed by atoms with van der Waals surface area (Å²) in [6, 6.07) is 8.51. The smallest absolute Gasteiger partial charge is 0.144 e. The summed E-state index contributed by atoms with van der Waals surface area (Å²) in [5, 5.41) is 0. The highest BCUT2D eigenvalue weighted by Crippen LogP contribution is 2.26. The zero-order valence-corrected chi connectivity index (χ0v) is 12.7. The maximum atomic E-state index is 4.52. The van der Waals surface area contributed by atoms with Crippen LogP contribution in [0.25, 0.3) is 17.1 Å². The summed E-state index contributed by atoms with van der Waals surface area (Å²) in [5.74, 6) is 0.952. The van der Waals surface area contributed by atoms with Crippen molar-refractivity contribution in [1.29, 1.82) is 0 Å². The predicted molar refractivity (Wildman–Crippen MR) is 85.6 cm³/mol. The first-order valence-electron chi connectivity index (χ1n) is 7.25. The summed E-state index contributed by atoms with van der Waals surface area (Å²) in [6.45, 7) is 6.52. The monoisotopic (exact) mass is 277 g/mol. The molecule has 0 saturated carbocycles. The molecule has 0 aliphatic heterocycles. The van der Waals surface area contributed by atoms with Gasteiger partial charge in [-0.25, -0.2) is 4.98 Å². The van der Waals surface area contributed by atoms with E-state index in [1.54, 1.807) is 12.4 Å². The predicted octanol–water partition coefficient (Wildman–Crippen LogP) is 4.11. The minimum atomic E-state index is 0.952. The number of nitrogens with zero attached hydrogens (tertiary/aromatic N) is 3. The lowest BCUT2D eigenvalue weighted by molar-refractivity contribution is 1.02. The van der Waals surface area contributed by atoms with E-state index in [0.717, 1.165) is 17.8 Å². The first-order chi connectivity index (χ1) is 10.2. The van der Waals surface area contributed by atoms with Crippen molar-refractivity contribution in [3.05, 3.63) is 65.7 Å². The number of aromatic nitrogens is 3. The molecule has 0 unspecified atom stereocenters. The van der Waals surface area contributed by atoms with Gasteiger partial charge in [0, 0.05) is 30.4 Å². The molecule has 1 aromatic carbocycles. The summed E-state index contributed by atoms with van der Waals surface area (Å²) in [4.78, 5) is 8.60. The van der Waals surface area contributed by atoms with Gasteiger partial charge in [-0.15, -0.1) is 0 Å². The van der Waals surface area contributed by atoms with Gasteiger partial charge in [-0.05, 0) is 49.1 Å². The minimum absolute atomic E-state index is 0.952. The highest BCUT2D eigenvalue weighted by Gasteiger charge is 2.12. The van der Waals surface area contributed by atoms with Gasteiger partial charge in [0.15, 0.2) is 0 Å². The zero-order valence-electron chi connectivity index (χ0n) is 12.7. The van der Waals surface area contributed by atoms with E-state index in [1.165, 1.54) is 22.4 Å². The lowest BCUT2D eigenvalue weighted by atomic mass is 10.0. The standard InChI is InChI=1S/C18H19N3/c1-4-15-11-13(2)17(14(3)12-15)21-10-9-20-18(21)16-5-7-19-8-6-16/h5-12H,4H2,1-3H3. The molecule has 21 heavy (non-hydrogen) atoms. The maximum Gasteiger partial charge on any atom is 0.144 e. The second kappa shape index (κ2) is 5.52. The van der Waals surface area contributed by atoms with Gasteiger partial charge in [0.05, 0.1) is 5.69 Å². The summed E-state index contributed by atoms with van der Waals surface area (Å²) in [7, 11) is 0. The van der Waals surface area contributed by atoms with Crippen LogP contribution in [-0.4, -0.2) is 14.5 Å². The van der Waals surface area contributed by atoms with Crippen molar-refractivity contribution < 1.29 is 0 Å². The SMILES string of the molecule is CCc1cc(C)c(-n2ccnc2-c2ccncc2)c(C)c1. The van der Waals surface area contributed by atoms with Gasteiger partial charge >= 0.3 is 0 Å². The third-order valence-corrected chi connectivity index (χ3v) is 3.78. The van der Waals surface area contributed by atoms with Crippen LogP contribution in [0.1, 0.15) is 23.6 Å². The number of imidazole rings is 1. The Hall–Kier alpha value is -2.42. The molecule has 0 aliphatic carbocycles. The molecular formula is C18H19N3. The molecule has 0 aliphatic rings. The quantitative estimate of drug-likeness (QED) is 0.721. The van der Waals surface area contributed by atoms with E-state index in [9.17, 15) is 0 Å². The van der Waals surface area contributed by atoms with E-state index < -0.39 is 0 Å². The van der Waals surface area contributed by atoms with Gasteiger partial charge in [0.1, 0.15) is 5.82 Å². The van der Waals surface area contributed by atoms with Crippen molar-refractivity contribution in [3.63, 3.8) is 0 Å². The van der Waals surface area contributed by atoms with Crippen LogP contribution >= 0.6 is 0 Å². The molecule has 0 N–H and O–H groups in total. The van der Waals surface area contributed by atoms with Crippen LogP contribution in [0, 0.1) is 13.8 Å². The van der Waals surface area contributed by atoms with Crippen molar-refractivity contribution in [3.8, 4) is 17.1 Å². The van der Waals surface area contributed by atoms with Crippen LogP contribution in [-0.2, 0) is 6.42 Å². The van der Waals surface area contributed by atoms with Crippen LogP contribution in [0.2, 0.25) is 0 Å². The van der Waals surface area contributed by atoms with Crippen molar-refractivity contribution in [2.24, 2.45) is 0 Å². The van der Waals surface area contributed by atoms with Crippen LogP contribution in [0.3, 0.4) is 0 Å². The molecule has 0 bridgehead atoms. The lowest BCUT2D eigenvalue weighted by Crippen LogP contribution is -2.02. The Bertz CT molecular complexity index is 734. The highest BCUT2D eigenvalue weighted by molar-refractivity contribution is 5.61. The fourth-order valence-corrected chi connectivity index (χ4v) is 2.83. The Kier molecular flexibility index (Phi) is 3.57. The molecule has 0 fully saturated rings. The minimum Gasteiger partial charge on any atom is -0.299 e. The summed E-state index contributed by atoms with van der Waals surface area (Å²) in [6.07, 6.45) is 8.53. The number of aryl methyl sites for hydroxylation is 3. The van der Waals surface area contributed by atoms with E-state index in [-0.39, 0.29) is 0 Å². The Morgan fingerprint density at radius 1 is 1.00 bits per heavy atom. The fraction of sp³-hybridized carbons (Fsp3) is 0.222. The molecule has 3 nitrogen and oxygen atoms in total. The molecule has 106 valence electrons. The van der Waals surface area contributed by atoms with Crippen LogP contribution < -0.4 is 0 Å². The molecule has 3 heteroatoms. The van der Waals surface area contributed by atoms with Crippen LogP contribution in [0.15, 0.2) is 49.1 Å². The summed E-state index contributed by atoms with van der Waals surface area (Å²) < 4.78 is 2.17. The summed E-state index contributed by atoms with van der Waals surface area (Å²) >= 11 is 0. The van der Waals surface area contributed by atoms with Gasteiger partial charge in [-0.3, -0.25) is 9.55 Å². The molecule has 0 spiro atoms. The van der Waals surface area contributed by atoms with Gasteiger partial charge in [0.2, 0.25) is 0 Å². The first kappa shape index (κ1) is 13.6. The Morgan fingerprint density at radius 3 is 2.29 bits per heavy atom. The molecule has 0 saturated heterocycles. The van der Waals surface area contributed by atoms with Crippen LogP contribution in [0.4, 0.5) is 0 Å². The Morgan fingerprint density at radius 2 is 1.67 bits per heavy atom. The second-order valence-corrected chi connectivity index (χ2v) is 5.29. The molecule has 2 aromatic heterocycles. The maximum absolute atomic E-state index is 4.52. The largest absolute Gasteiger partial charge is 0.299 e. The van der Waals surface area contributed by atoms with Gasteiger partial charge in [-0.1, -0.05) is 19.1 Å². The number of hydrogen-bond donors (Lipinski definition) is 0. The van der Waals surface area contributed by atoms with Crippen molar-refractivity contribution in [2.45, 2.75) is 27.2 Å². The zero-order chi connectivity index (χ0) is 14.8. The van der Waals surface area contributed by atoms with Gasteiger partial charge in [0.25, 0.3) is 0 Å². The molecule has 2 heterocycles. The number of rotatable bonds is 3. The van der Waals surface area contributed by atoms with Crippen LogP contribution in [0.5, 0.6) is 0 Å². The number of hydrogen-bond acceptors (Lipinski definition) is 2. The molecule has 0 atom stereocenters. The number of pyridine rings is 1. The number of benzene rings is 1. The Labute approximate surface area is 125 Å². The van der Waals surface area contributed by atoms with E-state index >= 15 is 0 Å². The molecule has 0 radical (unpaired) electrons. The molecule has 3 aromatic rings. The van der Waals surface area contributed by atoms with Crippen molar-refractivity contribution >= 4 is 0 Å².